The van der Waals surface area contributed by atoms with E-state index in [-0.39, 0.29) is 18.9 Å². The van der Waals surface area contributed by atoms with Crippen molar-refractivity contribution >= 4 is 24.5 Å². The maximum Gasteiger partial charge on any atom is 0.290 e. The minimum atomic E-state index is -0.556. The van der Waals surface area contributed by atoms with Crippen LogP contribution in [0.5, 0.6) is 0 Å². The molecule has 1 aliphatic heterocycles. The van der Waals surface area contributed by atoms with E-state index in [1.54, 1.807) is 4.90 Å². The number of para-hydroxylation sites is 1. The molecule has 1 unspecified atom stereocenters. The van der Waals surface area contributed by atoms with E-state index in [1.165, 1.54) is 5.56 Å². The summed E-state index contributed by atoms with van der Waals surface area (Å²) in [7, 11) is 3.69. The van der Waals surface area contributed by atoms with Crippen molar-refractivity contribution in [3.63, 3.8) is 0 Å². The number of nitrogens with zero attached hydrogens (tertiary/aromatic N) is 2. The standard InChI is InChI=1S/C22H29N3O.2CH2O2/c1-24(2)21(26)22(23-20-12-7-4-8-13-20)15-9-16-25(18-22)17-14-19-10-5-3-6-11-19;2*2-1-3/h3-8,10-13,23H,9,14-18H2,1-2H3;2*1H,(H,2,3). The fourth-order valence-corrected chi connectivity index (χ4v) is 3.82. The molecule has 0 aromatic heterocycles. The van der Waals surface area contributed by atoms with Gasteiger partial charge in [0.2, 0.25) is 5.91 Å². The summed E-state index contributed by atoms with van der Waals surface area (Å²) in [6.07, 6.45) is 2.90. The van der Waals surface area contributed by atoms with E-state index in [1.807, 2.05) is 44.4 Å². The van der Waals surface area contributed by atoms with Crippen LogP contribution >= 0.6 is 0 Å². The van der Waals surface area contributed by atoms with Gasteiger partial charge in [0, 0.05) is 32.9 Å². The van der Waals surface area contributed by atoms with Crippen molar-refractivity contribution in [3.05, 3.63) is 66.2 Å². The second kappa shape index (κ2) is 14.6. The highest BCUT2D eigenvalue weighted by molar-refractivity contribution is 5.89. The third-order valence-corrected chi connectivity index (χ3v) is 5.10. The maximum absolute atomic E-state index is 13.1. The molecule has 3 N–H and O–H groups in total. The Hall–Kier alpha value is -3.39. The highest BCUT2D eigenvalue weighted by Crippen LogP contribution is 2.28. The third-order valence-electron chi connectivity index (χ3n) is 5.10. The van der Waals surface area contributed by atoms with E-state index < -0.39 is 5.54 Å². The van der Waals surface area contributed by atoms with Crippen LogP contribution in [-0.2, 0) is 20.8 Å². The lowest BCUT2D eigenvalue weighted by Crippen LogP contribution is -2.61. The Kier molecular flexibility index (Phi) is 12.1. The predicted octanol–water partition coefficient (Wildman–Crippen LogP) is 2.67. The Bertz CT molecular complexity index is 796. The minimum Gasteiger partial charge on any atom is -0.483 e. The summed E-state index contributed by atoms with van der Waals surface area (Å²) in [5.74, 6) is 0.158. The van der Waals surface area contributed by atoms with Gasteiger partial charge in [-0.1, -0.05) is 48.5 Å². The predicted molar refractivity (Wildman–Crippen MR) is 125 cm³/mol. The fourth-order valence-electron chi connectivity index (χ4n) is 3.82. The van der Waals surface area contributed by atoms with Crippen LogP contribution in [-0.4, -0.2) is 78.1 Å². The van der Waals surface area contributed by atoms with Crippen molar-refractivity contribution in [1.29, 1.82) is 0 Å². The number of piperidine rings is 1. The number of hydrogen-bond acceptors (Lipinski definition) is 5. The van der Waals surface area contributed by atoms with Crippen LogP contribution in [0.1, 0.15) is 18.4 Å². The van der Waals surface area contributed by atoms with Crippen molar-refractivity contribution in [2.24, 2.45) is 0 Å². The first kappa shape index (κ1) is 26.6. The molecular formula is C24H33N3O5. The molecule has 174 valence electrons. The van der Waals surface area contributed by atoms with Gasteiger partial charge >= 0.3 is 0 Å². The van der Waals surface area contributed by atoms with E-state index in [0.29, 0.717) is 0 Å². The number of hydrogen-bond donors (Lipinski definition) is 3. The van der Waals surface area contributed by atoms with E-state index in [4.69, 9.17) is 19.8 Å². The molecule has 0 saturated carbocycles. The normalized spacial score (nSPS) is 17.4. The number of benzene rings is 2. The SMILES string of the molecule is CN(C)C(=O)C1(Nc2ccccc2)CCCN(CCc2ccccc2)C1.O=CO.O=CO. The molecule has 0 bridgehead atoms. The monoisotopic (exact) mass is 443 g/mol. The number of carboxylic acid groups (broad SMARTS) is 2. The summed E-state index contributed by atoms with van der Waals surface area (Å²) in [4.78, 5) is 33.9. The smallest absolute Gasteiger partial charge is 0.290 e. The van der Waals surface area contributed by atoms with Crippen molar-refractivity contribution in [2.45, 2.75) is 24.8 Å². The van der Waals surface area contributed by atoms with Gasteiger partial charge in [-0.3, -0.25) is 14.4 Å². The van der Waals surface area contributed by atoms with E-state index in [0.717, 1.165) is 44.6 Å². The van der Waals surface area contributed by atoms with Crippen LogP contribution in [0.25, 0.3) is 0 Å². The lowest BCUT2D eigenvalue weighted by Gasteiger charge is -2.44. The zero-order valence-corrected chi connectivity index (χ0v) is 18.7. The molecule has 8 heteroatoms. The van der Waals surface area contributed by atoms with Crippen LogP contribution in [0.3, 0.4) is 0 Å². The van der Waals surface area contributed by atoms with Gasteiger partial charge in [0.1, 0.15) is 5.54 Å². The average Bonchev–Trinajstić information content (AvgIpc) is 2.80. The maximum atomic E-state index is 13.1. The molecule has 1 amide bonds. The molecule has 0 radical (unpaired) electrons. The summed E-state index contributed by atoms with van der Waals surface area (Å²) in [5.41, 5.74) is 1.80. The van der Waals surface area contributed by atoms with Crippen molar-refractivity contribution < 1.29 is 24.6 Å². The molecule has 0 spiro atoms. The second-order valence-electron chi connectivity index (χ2n) is 7.60. The molecule has 3 rings (SSSR count). The summed E-state index contributed by atoms with van der Waals surface area (Å²) in [6, 6.07) is 20.6. The summed E-state index contributed by atoms with van der Waals surface area (Å²) < 4.78 is 0. The highest BCUT2D eigenvalue weighted by atomic mass is 16.3. The molecular weight excluding hydrogens is 410 g/mol. The number of carbonyl (C=O) groups is 3. The fraction of sp³-hybridized carbons (Fsp3) is 0.375. The van der Waals surface area contributed by atoms with Crippen LogP contribution in [0.4, 0.5) is 5.69 Å². The Morgan fingerprint density at radius 2 is 1.56 bits per heavy atom. The van der Waals surface area contributed by atoms with Gasteiger partial charge < -0.3 is 25.3 Å². The zero-order valence-electron chi connectivity index (χ0n) is 18.7. The Balaban J connectivity index is 0.000000769. The molecule has 1 atom stereocenters. The largest absolute Gasteiger partial charge is 0.483 e. The summed E-state index contributed by atoms with van der Waals surface area (Å²) >= 11 is 0. The van der Waals surface area contributed by atoms with Crippen LogP contribution < -0.4 is 5.32 Å². The number of anilines is 1. The van der Waals surface area contributed by atoms with Crippen molar-refractivity contribution in [2.75, 3.05) is 39.0 Å². The molecule has 2 aromatic carbocycles. The van der Waals surface area contributed by atoms with E-state index in [2.05, 4.69) is 40.5 Å². The topological polar surface area (TPSA) is 110 Å². The molecule has 0 aliphatic carbocycles. The molecule has 1 heterocycles. The third kappa shape index (κ3) is 8.77. The zero-order chi connectivity index (χ0) is 23.8. The number of carbonyl (C=O) groups excluding carboxylic acids is 1. The van der Waals surface area contributed by atoms with Crippen molar-refractivity contribution in [3.8, 4) is 0 Å². The van der Waals surface area contributed by atoms with Gasteiger partial charge in [-0.25, -0.2) is 0 Å². The van der Waals surface area contributed by atoms with E-state index in [9.17, 15) is 4.79 Å². The minimum absolute atomic E-state index is 0.158. The first-order valence-corrected chi connectivity index (χ1v) is 10.4. The first-order valence-electron chi connectivity index (χ1n) is 10.4. The Morgan fingerprint density at radius 1 is 1.03 bits per heavy atom. The van der Waals surface area contributed by atoms with Crippen LogP contribution in [0, 0.1) is 0 Å². The number of likely N-dealkylation sites (tertiary alicyclic amines) is 1. The number of nitrogens with one attached hydrogen (secondary N) is 1. The van der Waals surface area contributed by atoms with Crippen LogP contribution in [0.15, 0.2) is 60.7 Å². The number of likely N-dealkylation sites (N-methyl/N-ethyl adjacent to an activating group) is 1. The second-order valence-corrected chi connectivity index (χ2v) is 7.60. The number of rotatable bonds is 6. The Labute approximate surface area is 189 Å². The average molecular weight is 444 g/mol. The van der Waals surface area contributed by atoms with E-state index >= 15 is 0 Å². The van der Waals surface area contributed by atoms with Gasteiger partial charge in [0.15, 0.2) is 0 Å². The highest BCUT2D eigenvalue weighted by Gasteiger charge is 2.43. The van der Waals surface area contributed by atoms with Gasteiger partial charge in [-0.15, -0.1) is 0 Å². The molecule has 2 aromatic rings. The molecule has 1 fully saturated rings. The molecule has 8 nitrogen and oxygen atoms in total. The molecule has 1 aliphatic rings. The lowest BCUT2D eigenvalue weighted by atomic mass is 9.86. The molecule has 32 heavy (non-hydrogen) atoms. The van der Waals surface area contributed by atoms with Crippen molar-refractivity contribution in [1.82, 2.24) is 9.80 Å². The molecule has 1 saturated heterocycles. The quantitative estimate of drug-likeness (QED) is 0.589. The van der Waals surface area contributed by atoms with Gasteiger partial charge in [0.05, 0.1) is 0 Å². The van der Waals surface area contributed by atoms with Crippen LogP contribution in [0.2, 0.25) is 0 Å². The first-order chi connectivity index (χ1) is 15.4. The lowest BCUT2D eigenvalue weighted by molar-refractivity contribution is -0.135. The van der Waals surface area contributed by atoms with Gasteiger partial charge in [-0.2, -0.15) is 0 Å². The van der Waals surface area contributed by atoms with Gasteiger partial charge in [-0.05, 0) is 43.5 Å². The number of amides is 1. The van der Waals surface area contributed by atoms with Gasteiger partial charge in [0.25, 0.3) is 12.9 Å². The summed E-state index contributed by atoms with van der Waals surface area (Å²) in [6.45, 7) is 2.26. The summed E-state index contributed by atoms with van der Waals surface area (Å²) in [5, 5.41) is 17.3. The Morgan fingerprint density at radius 3 is 2.09 bits per heavy atom.